The number of rotatable bonds is 3. The Labute approximate surface area is 114 Å². The second-order valence-electron chi connectivity index (χ2n) is 4.19. The summed E-state index contributed by atoms with van der Waals surface area (Å²) in [5.74, 6) is -0.0631. The van der Waals surface area contributed by atoms with Crippen LogP contribution < -0.4 is 0 Å². The summed E-state index contributed by atoms with van der Waals surface area (Å²) in [7, 11) is 1.73. The van der Waals surface area contributed by atoms with Crippen molar-refractivity contribution >= 4 is 23.2 Å². The largest absolute Gasteiger partial charge is 0.349 e. The van der Waals surface area contributed by atoms with Crippen LogP contribution >= 0.6 is 12.2 Å². The van der Waals surface area contributed by atoms with Crippen molar-refractivity contribution in [2.24, 2.45) is 0 Å². The average Bonchev–Trinajstić information content (AvgIpc) is 2.39. The molecule has 0 aliphatic carbocycles. The van der Waals surface area contributed by atoms with Gasteiger partial charge in [-0.3, -0.25) is 9.69 Å². The molecule has 0 aliphatic rings. The number of benzene rings is 1. The Hall–Kier alpha value is -1.42. The highest BCUT2D eigenvalue weighted by atomic mass is 32.1. The monoisotopic (exact) mass is 264 g/mol. The van der Waals surface area contributed by atoms with E-state index >= 15 is 0 Å². The Morgan fingerprint density at radius 2 is 1.67 bits per heavy atom. The molecule has 0 aromatic heterocycles. The van der Waals surface area contributed by atoms with Gasteiger partial charge in [0.15, 0.2) is 5.11 Å². The number of nitrogens with zero attached hydrogens (tertiary/aromatic N) is 2. The lowest BCUT2D eigenvalue weighted by Crippen LogP contribution is -2.43. The minimum atomic E-state index is -0.0631. The Bertz CT molecular complexity index is 424. The van der Waals surface area contributed by atoms with Gasteiger partial charge in [0.1, 0.15) is 0 Å². The predicted octanol–water partition coefficient (Wildman–Crippen LogP) is 2.69. The van der Waals surface area contributed by atoms with Gasteiger partial charge in [0.2, 0.25) is 0 Å². The molecule has 0 bridgehead atoms. The van der Waals surface area contributed by atoms with E-state index in [2.05, 4.69) is 0 Å². The van der Waals surface area contributed by atoms with Crippen LogP contribution in [0.2, 0.25) is 0 Å². The van der Waals surface area contributed by atoms with Crippen LogP contribution in [0.4, 0.5) is 0 Å². The Kier molecular flexibility index (Phi) is 5.28. The molecule has 0 aliphatic heterocycles. The molecule has 18 heavy (non-hydrogen) atoms. The van der Waals surface area contributed by atoms with Crippen molar-refractivity contribution in [1.82, 2.24) is 9.80 Å². The van der Waals surface area contributed by atoms with Crippen LogP contribution in [-0.2, 0) is 0 Å². The van der Waals surface area contributed by atoms with Crippen molar-refractivity contribution in [2.45, 2.75) is 20.8 Å². The number of hydrogen-bond acceptors (Lipinski definition) is 2. The lowest BCUT2D eigenvalue weighted by molar-refractivity contribution is 0.0861. The molecule has 0 N–H and O–H groups in total. The van der Waals surface area contributed by atoms with Crippen LogP contribution in [0, 0.1) is 6.92 Å². The maximum atomic E-state index is 12.2. The molecule has 0 saturated heterocycles. The highest BCUT2D eigenvalue weighted by Crippen LogP contribution is 2.08. The average molecular weight is 264 g/mol. The molecule has 0 spiro atoms. The summed E-state index contributed by atoms with van der Waals surface area (Å²) in [6.07, 6.45) is 0. The van der Waals surface area contributed by atoms with Crippen LogP contribution in [0.5, 0.6) is 0 Å². The minimum Gasteiger partial charge on any atom is -0.349 e. The van der Waals surface area contributed by atoms with Crippen molar-refractivity contribution in [1.29, 1.82) is 0 Å². The van der Waals surface area contributed by atoms with E-state index in [1.165, 1.54) is 4.90 Å². The highest BCUT2D eigenvalue weighted by molar-refractivity contribution is 7.80. The molecule has 0 saturated carbocycles. The fourth-order valence-corrected chi connectivity index (χ4v) is 2.02. The molecule has 0 unspecified atom stereocenters. The third-order valence-electron chi connectivity index (χ3n) is 2.92. The lowest BCUT2D eigenvalue weighted by atomic mass is 10.1. The van der Waals surface area contributed by atoms with Gasteiger partial charge < -0.3 is 4.90 Å². The van der Waals surface area contributed by atoms with Crippen LogP contribution in [-0.4, -0.2) is 41.0 Å². The summed E-state index contributed by atoms with van der Waals surface area (Å²) in [5.41, 5.74) is 1.80. The van der Waals surface area contributed by atoms with Gasteiger partial charge in [-0.1, -0.05) is 17.7 Å². The molecule has 0 atom stereocenters. The molecular weight excluding hydrogens is 244 g/mol. The first-order chi connectivity index (χ1) is 8.51. The molecule has 0 heterocycles. The zero-order chi connectivity index (χ0) is 13.7. The quantitative estimate of drug-likeness (QED) is 0.784. The maximum Gasteiger partial charge on any atom is 0.259 e. The van der Waals surface area contributed by atoms with E-state index < -0.39 is 0 Å². The van der Waals surface area contributed by atoms with Gasteiger partial charge in [-0.05, 0) is 45.1 Å². The van der Waals surface area contributed by atoms with Gasteiger partial charge in [0.05, 0.1) is 0 Å². The molecule has 98 valence electrons. The topological polar surface area (TPSA) is 23.6 Å². The standard InChI is InChI=1S/C14H20N2OS/c1-5-16(6-2)14(18)15(4)13(17)12-9-7-11(3)8-10-12/h7-10H,5-6H2,1-4H3. The normalized spacial score (nSPS) is 10.0. The molecule has 1 aromatic rings. The first kappa shape index (κ1) is 14.6. The van der Waals surface area contributed by atoms with Crippen molar-refractivity contribution in [3.05, 3.63) is 35.4 Å². The molecule has 1 aromatic carbocycles. The Morgan fingerprint density at radius 1 is 1.17 bits per heavy atom. The molecule has 0 fully saturated rings. The minimum absolute atomic E-state index is 0.0631. The van der Waals surface area contributed by atoms with Crippen LogP contribution in [0.15, 0.2) is 24.3 Å². The summed E-state index contributed by atoms with van der Waals surface area (Å²) in [6.45, 7) is 7.67. The van der Waals surface area contributed by atoms with Gasteiger partial charge in [0.25, 0.3) is 5.91 Å². The van der Waals surface area contributed by atoms with Gasteiger partial charge in [-0.25, -0.2) is 0 Å². The maximum absolute atomic E-state index is 12.2. The smallest absolute Gasteiger partial charge is 0.259 e. The lowest BCUT2D eigenvalue weighted by Gasteiger charge is -2.28. The molecule has 1 rings (SSSR count). The van der Waals surface area contributed by atoms with Crippen molar-refractivity contribution in [3.63, 3.8) is 0 Å². The summed E-state index contributed by atoms with van der Waals surface area (Å²) in [6, 6.07) is 7.53. The van der Waals surface area contributed by atoms with E-state index in [-0.39, 0.29) is 5.91 Å². The van der Waals surface area contributed by atoms with E-state index in [1.807, 2.05) is 49.9 Å². The first-order valence-electron chi connectivity index (χ1n) is 6.14. The summed E-state index contributed by atoms with van der Waals surface area (Å²) in [5, 5.41) is 0.575. The summed E-state index contributed by atoms with van der Waals surface area (Å²) in [4.78, 5) is 15.8. The molecule has 1 amide bonds. The van der Waals surface area contributed by atoms with Gasteiger partial charge >= 0.3 is 0 Å². The first-order valence-corrected chi connectivity index (χ1v) is 6.55. The second-order valence-corrected chi connectivity index (χ2v) is 4.55. The Morgan fingerprint density at radius 3 is 2.11 bits per heavy atom. The van der Waals surface area contributed by atoms with Crippen molar-refractivity contribution in [2.75, 3.05) is 20.1 Å². The van der Waals surface area contributed by atoms with Crippen molar-refractivity contribution < 1.29 is 4.79 Å². The predicted molar refractivity (Wildman–Crippen MR) is 78.8 cm³/mol. The second kappa shape index (κ2) is 6.50. The molecule has 0 radical (unpaired) electrons. The van der Waals surface area contributed by atoms with E-state index in [4.69, 9.17) is 12.2 Å². The Balaban J connectivity index is 2.83. The SMILES string of the molecule is CCN(CC)C(=S)N(C)C(=O)c1ccc(C)cc1. The van der Waals surface area contributed by atoms with Crippen molar-refractivity contribution in [3.8, 4) is 0 Å². The third kappa shape index (κ3) is 3.29. The van der Waals surface area contributed by atoms with E-state index in [0.717, 1.165) is 18.7 Å². The van der Waals surface area contributed by atoms with Crippen LogP contribution in [0.1, 0.15) is 29.8 Å². The van der Waals surface area contributed by atoms with Crippen LogP contribution in [0.25, 0.3) is 0 Å². The van der Waals surface area contributed by atoms with E-state index in [1.54, 1.807) is 7.05 Å². The number of thiocarbonyl (C=S) groups is 1. The zero-order valence-electron chi connectivity index (χ0n) is 11.4. The summed E-state index contributed by atoms with van der Waals surface area (Å²) < 4.78 is 0. The highest BCUT2D eigenvalue weighted by Gasteiger charge is 2.18. The van der Waals surface area contributed by atoms with Gasteiger partial charge in [0, 0.05) is 25.7 Å². The zero-order valence-corrected chi connectivity index (χ0v) is 12.3. The van der Waals surface area contributed by atoms with Gasteiger partial charge in [-0.2, -0.15) is 0 Å². The number of amides is 1. The third-order valence-corrected chi connectivity index (χ3v) is 3.46. The fraction of sp³-hybridized carbons (Fsp3) is 0.429. The van der Waals surface area contributed by atoms with E-state index in [9.17, 15) is 4.79 Å². The number of carbonyl (C=O) groups excluding carboxylic acids is 1. The molecule has 4 heteroatoms. The van der Waals surface area contributed by atoms with Gasteiger partial charge in [-0.15, -0.1) is 0 Å². The molecular formula is C14H20N2OS. The summed E-state index contributed by atoms with van der Waals surface area (Å²) >= 11 is 5.33. The molecule has 3 nitrogen and oxygen atoms in total. The number of hydrogen-bond donors (Lipinski definition) is 0. The number of aryl methyl sites for hydroxylation is 1. The van der Waals surface area contributed by atoms with E-state index in [0.29, 0.717) is 10.7 Å². The van der Waals surface area contributed by atoms with Crippen LogP contribution in [0.3, 0.4) is 0 Å². The fourth-order valence-electron chi connectivity index (χ4n) is 1.68. The number of carbonyl (C=O) groups is 1.